The molecule has 30 heavy (non-hydrogen) atoms. The zero-order valence-electron chi connectivity index (χ0n) is 19.0. The zero-order valence-corrected chi connectivity index (χ0v) is 19.0. The first-order chi connectivity index (χ1) is 14.3. The van der Waals surface area contributed by atoms with E-state index in [4.69, 9.17) is 0 Å². The summed E-state index contributed by atoms with van der Waals surface area (Å²) in [5, 5.41) is 2.95. The lowest BCUT2D eigenvalue weighted by Gasteiger charge is -2.29. The van der Waals surface area contributed by atoms with Crippen LogP contribution in [0, 0.1) is 5.92 Å². The van der Waals surface area contributed by atoms with Gasteiger partial charge in [-0.3, -0.25) is 4.79 Å². The van der Waals surface area contributed by atoms with E-state index in [1.165, 1.54) is 0 Å². The second-order valence-electron chi connectivity index (χ2n) is 8.18. The summed E-state index contributed by atoms with van der Waals surface area (Å²) in [7, 11) is 1.98. The lowest BCUT2D eigenvalue weighted by Crippen LogP contribution is -2.45. The molecule has 0 aliphatic heterocycles. The lowest BCUT2D eigenvalue weighted by atomic mass is 10.1. The van der Waals surface area contributed by atoms with Crippen molar-refractivity contribution in [1.82, 2.24) is 14.4 Å². The Kier molecular flexibility index (Phi) is 8.96. The summed E-state index contributed by atoms with van der Waals surface area (Å²) in [4.78, 5) is 29.5. The van der Waals surface area contributed by atoms with Crippen molar-refractivity contribution in [1.29, 1.82) is 0 Å². The minimum atomic E-state index is -0.234. The molecule has 1 heterocycles. The van der Waals surface area contributed by atoms with Crippen molar-refractivity contribution in [3.8, 4) is 0 Å². The number of benzene rings is 1. The van der Waals surface area contributed by atoms with Gasteiger partial charge in [-0.05, 0) is 48.6 Å². The fraction of sp³-hybridized carbons (Fsp3) is 0.500. The van der Waals surface area contributed by atoms with Gasteiger partial charge in [0.2, 0.25) is 5.91 Å². The third kappa shape index (κ3) is 6.94. The van der Waals surface area contributed by atoms with Crippen LogP contribution in [0.15, 0.2) is 42.6 Å². The average Bonchev–Trinajstić information content (AvgIpc) is 3.11. The molecular weight excluding hydrogens is 376 g/mol. The van der Waals surface area contributed by atoms with Crippen LogP contribution in [0.5, 0.6) is 0 Å². The van der Waals surface area contributed by atoms with Crippen LogP contribution in [0.2, 0.25) is 0 Å². The molecule has 2 aromatic rings. The van der Waals surface area contributed by atoms with E-state index in [1.54, 1.807) is 4.90 Å². The molecule has 0 saturated carbocycles. The van der Waals surface area contributed by atoms with Crippen LogP contribution >= 0.6 is 0 Å². The smallest absolute Gasteiger partial charge is 0.322 e. The highest BCUT2D eigenvalue weighted by molar-refractivity contribution is 5.92. The summed E-state index contributed by atoms with van der Waals surface area (Å²) in [5.74, 6) is 0.315. The van der Waals surface area contributed by atoms with E-state index in [9.17, 15) is 9.59 Å². The number of anilines is 1. The van der Waals surface area contributed by atoms with Crippen molar-refractivity contribution in [2.24, 2.45) is 13.0 Å². The highest BCUT2D eigenvalue weighted by Crippen LogP contribution is 2.13. The first-order valence-electron chi connectivity index (χ1n) is 10.9. The fourth-order valence-electron chi connectivity index (χ4n) is 3.41. The molecule has 0 saturated heterocycles. The topological polar surface area (TPSA) is 57.6 Å². The molecule has 164 valence electrons. The molecule has 0 aliphatic carbocycles. The van der Waals surface area contributed by atoms with Crippen LogP contribution < -0.4 is 5.32 Å². The number of carbonyl (C=O) groups is 2. The minimum absolute atomic E-state index is 0.0317. The minimum Gasteiger partial charge on any atom is -0.353 e. The number of carbonyl (C=O) groups excluding carboxylic acids is 2. The Balaban J connectivity index is 2.10. The van der Waals surface area contributed by atoms with Crippen molar-refractivity contribution < 1.29 is 9.59 Å². The van der Waals surface area contributed by atoms with Gasteiger partial charge in [-0.1, -0.05) is 39.8 Å². The van der Waals surface area contributed by atoms with E-state index in [1.807, 2.05) is 66.0 Å². The Morgan fingerprint density at radius 1 is 1.10 bits per heavy atom. The number of rotatable bonds is 10. The number of aromatic nitrogens is 1. The summed E-state index contributed by atoms with van der Waals surface area (Å²) in [6, 6.07) is 11.6. The monoisotopic (exact) mass is 412 g/mol. The molecule has 1 N–H and O–H groups in total. The first kappa shape index (κ1) is 23.5. The van der Waals surface area contributed by atoms with Gasteiger partial charge < -0.3 is 19.7 Å². The van der Waals surface area contributed by atoms with Gasteiger partial charge >= 0.3 is 6.03 Å². The summed E-state index contributed by atoms with van der Waals surface area (Å²) < 4.78 is 2.03. The summed E-state index contributed by atoms with van der Waals surface area (Å²) in [6.07, 6.45) is 3.68. The summed E-state index contributed by atoms with van der Waals surface area (Å²) >= 11 is 0. The van der Waals surface area contributed by atoms with Crippen LogP contribution in [0.25, 0.3) is 0 Å². The molecule has 0 atom stereocenters. The van der Waals surface area contributed by atoms with E-state index in [0.29, 0.717) is 25.6 Å². The molecule has 0 unspecified atom stereocenters. The van der Waals surface area contributed by atoms with E-state index in [0.717, 1.165) is 29.8 Å². The number of urea groups is 1. The molecule has 6 nitrogen and oxygen atoms in total. The predicted octanol–water partition coefficient (Wildman–Crippen LogP) is 4.52. The molecule has 1 aromatic heterocycles. The van der Waals surface area contributed by atoms with Crippen LogP contribution in [0.3, 0.4) is 0 Å². The molecule has 0 aliphatic rings. The molecule has 2 rings (SSSR count). The van der Waals surface area contributed by atoms with Gasteiger partial charge in [-0.25, -0.2) is 4.79 Å². The Hall–Kier alpha value is -2.76. The Labute approximate surface area is 180 Å². The Morgan fingerprint density at radius 2 is 1.87 bits per heavy atom. The third-order valence-electron chi connectivity index (χ3n) is 5.04. The summed E-state index contributed by atoms with van der Waals surface area (Å²) in [6.45, 7) is 10.1. The van der Waals surface area contributed by atoms with Gasteiger partial charge in [0.05, 0.1) is 6.54 Å². The van der Waals surface area contributed by atoms with Gasteiger partial charge in [-0.2, -0.15) is 0 Å². The van der Waals surface area contributed by atoms with E-state index >= 15 is 0 Å². The van der Waals surface area contributed by atoms with Crippen molar-refractivity contribution in [2.45, 2.75) is 47.1 Å². The maximum atomic E-state index is 13.2. The molecule has 6 heteroatoms. The highest BCUT2D eigenvalue weighted by atomic mass is 16.2. The average molecular weight is 413 g/mol. The van der Waals surface area contributed by atoms with Crippen LogP contribution in [0.4, 0.5) is 10.5 Å². The van der Waals surface area contributed by atoms with Crippen molar-refractivity contribution in [3.63, 3.8) is 0 Å². The lowest BCUT2D eigenvalue weighted by molar-refractivity contribution is -0.133. The highest BCUT2D eigenvalue weighted by Gasteiger charge is 2.22. The SMILES string of the molecule is CCCN(CC(=O)N(Cc1cccn1C)CC(C)C)C(=O)Nc1cccc(CC)c1. The van der Waals surface area contributed by atoms with Gasteiger partial charge in [0, 0.05) is 37.7 Å². The fourth-order valence-corrected chi connectivity index (χ4v) is 3.41. The standard InChI is InChI=1S/C24H36N4O2/c1-6-13-27(24(30)25-21-11-8-10-20(7-2)15-21)18-23(29)28(16-19(3)4)17-22-12-9-14-26(22)5/h8-12,14-15,19H,6-7,13,16-18H2,1-5H3,(H,25,30). The summed E-state index contributed by atoms with van der Waals surface area (Å²) in [5.41, 5.74) is 3.00. The number of hydrogen-bond donors (Lipinski definition) is 1. The number of amides is 3. The second-order valence-corrected chi connectivity index (χ2v) is 8.18. The third-order valence-corrected chi connectivity index (χ3v) is 5.04. The number of nitrogens with zero attached hydrogens (tertiary/aromatic N) is 3. The number of hydrogen-bond acceptors (Lipinski definition) is 2. The van der Waals surface area contributed by atoms with Crippen molar-refractivity contribution in [2.75, 3.05) is 25.0 Å². The van der Waals surface area contributed by atoms with Crippen LogP contribution in [0.1, 0.15) is 45.4 Å². The van der Waals surface area contributed by atoms with E-state index in [2.05, 4.69) is 26.1 Å². The molecular formula is C24H36N4O2. The molecule has 0 fully saturated rings. The molecule has 0 radical (unpaired) electrons. The zero-order chi connectivity index (χ0) is 22.1. The Morgan fingerprint density at radius 3 is 2.47 bits per heavy atom. The quantitative estimate of drug-likeness (QED) is 0.624. The molecule has 3 amide bonds. The van der Waals surface area contributed by atoms with Crippen LogP contribution in [-0.2, 0) is 24.8 Å². The molecule has 0 bridgehead atoms. The van der Waals surface area contributed by atoms with Gasteiger partial charge in [0.15, 0.2) is 0 Å². The van der Waals surface area contributed by atoms with Gasteiger partial charge in [-0.15, -0.1) is 0 Å². The molecule has 0 spiro atoms. The van der Waals surface area contributed by atoms with Crippen molar-refractivity contribution >= 4 is 17.6 Å². The maximum Gasteiger partial charge on any atom is 0.322 e. The largest absolute Gasteiger partial charge is 0.353 e. The first-order valence-corrected chi connectivity index (χ1v) is 10.9. The molecule has 1 aromatic carbocycles. The number of nitrogens with one attached hydrogen (secondary N) is 1. The van der Waals surface area contributed by atoms with Crippen LogP contribution in [-0.4, -0.2) is 45.9 Å². The maximum absolute atomic E-state index is 13.2. The van der Waals surface area contributed by atoms with Crippen molar-refractivity contribution in [3.05, 3.63) is 53.9 Å². The van der Waals surface area contributed by atoms with E-state index in [-0.39, 0.29) is 18.5 Å². The predicted molar refractivity (Wildman–Crippen MR) is 122 cm³/mol. The second kappa shape index (κ2) is 11.4. The van der Waals surface area contributed by atoms with Gasteiger partial charge in [0.25, 0.3) is 0 Å². The van der Waals surface area contributed by atoms with E-state index < -0.39 is 0 Å². The normalized spacial score (nSPS) is 10.9. The number of aryl methyl sites for hydroxylation is 2. The van der Waals surface area contributed by atoms with Gasteiger partial charge in [0.1, 0.15) is 6.54 Å². The Bertz CT molecular complexity index is 828.